The third kappa shape index (κ3) is 11.2. The van der Waals surface area contributed by atoms with E-state index in [1.54, 1.807) is 0 Å². The molecule has 6 nitrogen and oxygen atoms in total. The highest BCUT2D eigenvalue weighted by Gasteiger charge is 2.25. The van der Waals surface area contributed by atoms with Gasteiger partial charge in [0, 0.05) is 12.8 Å². The second-order valence-electron chi connectivity index (χ2n) is 4.81. The maximum atomic E-state index is 11.1. The van der Waals surface area contributed by atoms with Gasteiger partial charge in [0.15, 0.2) is 0 Å². The third-order valence-electron chi connectivity index (χ3n) is 2.90. The van der Waals surface area contributed by atoms with E-state index < -0.39 is 20.8 Å². The summed E-state index contributed by atoms with van der Waals surface area (Å²) >= 11 is 0. The van der Waals surface area contributed by atoms with E-state index in [1.165, 1.54) is 49.8 Å². The van der Waals surface area contributed by atoms with Gasteiger partial charge >= 0.3 is 20.8 Å². The van der Waals surface area contributed by atoms with E-state index in [0.29, 0.717) is 0 Å². The van der Waals surface area contributed by atoms with E-state index in [2.05, 4.69) is 14.0 Å². The van der Waals surface area contributed by atoms with Crippen LogP contribution in [0.15, 0.2) is 0 Å². The van der Waals surface area contributed by atoms with Crippen LogP contribution < -0.4 is 4.13 Å². The number of hydrogen-bond acceptors (Lipinski definition) is 4. The molecule has 1 rings (SSSR count). The summed E-state index contributed by atoms with van der Waals surface area (Å²) in [6.45, 7) is 6.55. The molecule has 1 N–H and O–H groups in total. The molecule has 1 heterocycles. The van der Waals surface area contributed by atoms with Gasteiger partial charge in [-0.3, -0.25) is 0 Å². The molecule has 0 aromatic heterocycles. The van der Waals surface area contributed by atoms with E-state index in [0.717, 1.165) is 0 Å². The molecule has 0 amide bonds. The molecule has 0 aromatic carbocycles. The monoisotopic (exact) mass is 323 g/mol. The molecule has 116 valence electrons. The van der Waals surface area contributed by atoms with Crippen LogP contribution in [0.25, 0.3) is 0 Å². The Kier molecular flexibility index (Phi) is 7.33. The lowest BCUT2D eigenvalue weighted by molar-refractivity contribution is -0.897. The molecular formula is C9H21F2N2O4S2+. The van der Waals surface area contributed by atoms with Crippen LogP contribution >= 0.6 is 0 Å². The van der Waals surface area contributed by atoms with Crippen molar-refractivity contribution >= 4 is 20.8 Å². The van der Waals surface area contributed by atoms with Gasteiger partial charge in [0.05, 0.1) is 26.7 Å². The first-order valence-corrected chi connectivity index (χ1v) is 8.75. The Morgan fingerprint density at radius 2 is 1.47 bits per heavy atom. The molecule has 0 atom stereocenters. The van der Waals surface area contributed by atoms with E-state index >= 15 is 0 Å². The summed E-state index contributed by atoms with van der Waals surface area (Å²) in [6, 6.07) is 0. The molecular weight excluding hydrogens is 302 g/mol. The van der Waals surface area contributed by atoms with E-state index in [1.807, 2.05) is 0 Å². The summed E-state index contributed by atoms with van der Waals surface area (Å²) in [4.78, 5) is 0. The lowest BCUT2D eigenvalue weighted by atomic mass is 10.3. The smallest absolute Gasteiger partial charge is 0.326 e. The van der Waals surface area contributed by atoms with Gasteiger partial charge in [0.1, 0.15) is 0 Å². The highest BCUT2D eigenvalue weighted by Crippen LogP contribution is 2.16. The van der Waals surface area contributed by atoms with E-state index in [9.17, 15) is 24.6 Å². The number of rotatable bonds is 5. The zero-order valence-electron chi connectivity index (χ0n) is 11.1. The van der Waals surface area contributed by atoms with Crippen LogP contribution in [0.2, 0.25) is 0 Å². The maximum absolute atomic E-state index is 11.1. The second-order valence-corrected chi connectivity index (χ2v) is 7.23. The molecule has 0 aromatic rings. The van der Waals surface area contributed by atoms with Crippen molar-refractivity contribution in [2.24, 2.45) is 0 Å². The summed E-state index contributed by atoms with van der Waals surface area (Å²) < 4.78 is 60.7. The average molecular weight is 323 g/mol. The highest BCUT2D eigenvalue weighted by molar-refractivity contribution is 7.99. The molecule has 1 saturated heterocycles. The summed E-state index contributed by atoms with van der Waals surface area (Å²) in [5, 5.41) is 0. The largest absolute Gasteiger partial charge is 0.387 e. The highest BCUT2D eigenvalue weighted by atomic mass is 32.3. The Morgan fingerprint density at radius 3 is 1.74 bits per heavy atom. The summed E-state index contributed by atoms with van der Waals surface area (Å²) in [5.41, 5.74) is 0. The SMILES string of the molecule is CCCC[N+]1(C)CCCC1.O=S(=O)(F)NS(=O)(=O)F. The van der Waals surface area contributed by atoms with Gasteiger partial charge in [0.2, 0.25) is 0 Å². The molecule has 1 fully saturated rings. The van der Waals surface area contributed by atoms with Crippen molar-refractivity contribution in [3.8, 4) is 0 Å². The predicted molar refractivity (Wildman–Crippen MR) is 68.1 cm³/mol. The summed E-state index contributed by atoms with van der Waals surface area (Å²) in [6.07, 6.45) is 5.69. The molecule has 1 aliphatic rings. The van der Waals surface area contributed by atoms with Gasteiger partial charge in [-0.25, -0.2) is 0 Å². The number of quaternary nitrogens is 1. The van der Waals surface area contributed by atoms with Crippen LogP contribution in [0.5, 0.6) is 0 Å². The zero-order valence-corrected chi connectivity index (χ0v) is 12.7. The molecule has 0 spiro atoms. The quantitative estimate of drug-likeness (QED) is 0.605. The van der Waals surface area contributed by atoms with Crippen molar-refractivity contribution < 1.29 is 29.1 Å². The normalized spacial score (nSPS) is 18.7. The first-order chi connectivity index (χ1) is 8.47. The van der Waals surface area contributed by atoms with E-state index in [4.69, 9.17) is 0 Å². The number of halogens is 2. The van der Waals surface area contributed by atoms with Crippen LogP contribution in [-0.4, -0.2) is 48.0 Å². The second kappa shape index (κ2) is 7.46. The Balaban J connectivity index is 0.000000344. The van der Waals surface area contributed by atoms with Crippen LogP contribution in [0.3, 0.4) is 0 Å². The van der Waals surface area contributed by atoms with Gasteiger partial charge < -0.3 is 4.48 Å². The minimum absolute atomic E-state index is 0.0694. The number of hydrogen-bond donors (Lipinski definition) is 1. The number of nitrogens with one attached hydrogen (secondary N) is 1. The first kappa shape index (κ1) is 18.7. The fraction of sp³-hybridized carbons (Fsp3) is 1.00. The van der Waals surface area contributed by atoms with Crippen molar-refractivity contribution in [1.29, 1.82) is 0 Å². The van der Waals surface area contributed by atoms with Crippen LogP contribution in [0, 0.1) is 0 Å². The minimum Gasteiger partial charge on any atom is -0.326 e. The Bertz CT molecular complexity index is 429. The van der Waals surface area contributed by atoms with Crippen molar-refractivity contribution in [2.45, 2.75) is 32.6 Å². The lowest BCUT2D eigenvalue weighted by Crippen LogP contribution is -2.41. The first-order valence-electron chi connectivity index (χ1n) is 5.99. The van der Waals surface area contributed by atoms with Gasteiger partial charge in [-0.05, 0) is 6.42 Å². The Labute approximate surface area is 114 Å². The zero-order chi connectivity index (χ0) is 15.2. The molecule has 0 saturated carbocycles. The van der Waals surface area contributed by atoms with E-state index in [-0.39, 0.29) is 4.13 Å². The Morgan fingerprint density at radius 1 is 1.05 bits per heavy atom. The molecule has 0 aliphatic carbocycles. The van der Waals surface area contributed by atoms with Crippen molar-refractivity contribution in [2.75, 3.05) is 26.7 Å². The molecule has 10 heteroatoms. The van der Waals surface area contributed by atoms with Crippen molar-refractivity contribution in [3.63, 3.8) is 0 Å². The molecule has 1 aliphatic heterocycles. The fourth-order valence-electron chi connectivity index (χ4n) is 1.98. The molecule has 0 bridgehead atoms. The van der Waals surface area contributed by atoms with Crippen LogP contribution in [-0.2, 0) is 20.8 Å². The Hall–Kier alpha value is -0.320. The molecule has 19 heavy (non-hydrogen) atoms. The number of likely N-dealkylation sites (tertiary alicyclic amines) is 1. The van der Waals surface area contributed by atoms with Gasteiger partial charge in [0.25, 0.3) is 0 Å². The topological polar surface area (TPSA) is 80.3 Å². The average Bonchev–Trinajstić information content (AvgIpc) is 2.58. The number of unbranched alkanes of at least 4 members (excludes halogenated alkanes) is 1. The van der Waals surface area contributed by atoms with Gasteiger partial charge in [-0.1, -0.05) is 25.2 Å². The molecule has 0 unspecified atom stereocenters. The number of nitrogens with zero attached hydrogens (tertiary/aromatic N) is 1. The van der Waals surface area contributed by atoms with Crippen molar-refractivity contribution in [3.05, 3.63) is 0 Å². The predicted octanol–water partition coefficient (Wildman–Crippen LogP) is 1.03. The molecule has 0 radical (unpaired) electrons. The third-order valence-corrected chi connectivity index (χ3v) is 4.49. The standard InChI is InChI=1S/C9H20N.F2HNO4S2/c1-3-4-7-10(2)8-5-6-9-10;1-8(4,5)3-9(2,6)7/h3-9H2,1-2H3;3H/q+1;. The summed E-state index contributed by atoms with van der Waals surface area (Å²) in [5.74, 6) is 0. The maximum Gasteiger partial charge on any atom is 0.387 e. The van der Waals surface area contributed by atoms with Crippen molar-refractivity contribution in [1.82, 2.24) is 4.13 Å². The van der Waals surface area contributed by atoms with Crippen LogP contribution in [0.1, 0.15) is 32.6 Å². The lowest BCUT2D eigenvalue weighted by Gasteiger charge is -2.28. The van der Waals surface area contributed by atoms with Crippen LogP contribution in [0.4, 0.5) is 7.77 Å². The van der Waals surface area contributed by atoms with Gasteiger partial charge in [-0.2, -0.15) is 16.8 Å². The summed E-state index contributed by atoms with van der Waals surface area (Å²) in [7, 11) is -8.58. The fourth-order valence-corrected chi connectivity index (χ4v) is 2.93. The van der Waals surface area contributed by atoms with Gasteiger partial charge in [-0.15, -0.1) is 0 Å². The minimum atomic E-state index is -5.49.